The molecule has 0 aliphatic heterocycles. The Labute approximate surface area is 104 Å². The number of alkyl halides is 3. The van der Waals surface area contributed by atoms with Crippen molar-refractivity contribution in [1.29, 1.82) is 0 Å². The van der Waals surface area contributed by atoms with Gasteiger partial charge in [0, 0.05) is 24.2 Å². The number of hydrogen-bond donors (Lipinski definition) is 1. The topological polar surface area (TPSA) is 37.8 Å². The van der Waals surface area contributed by atoms with Gasteiger partial charge < -0.3 is 5.32 Å². The molecule has 0 radical (unpaired) electrons. The molecule has 6 heteroatoms. The second kappa shape index (κ2) is 5.54. The molecule has 0 saturated heterocycles. The van der Waals surface area contributed by atoms with Gasteiger partial charge in [0.15, 0.2) is 0 Å². The quantitative estimate of drug-likeness (QED) is 0.844. The van der Waals surface area contributed by atoms with Crippen molar-refractivity contribution in [3.8, 4) is 0 Å². The normalized spacial score (nSPS) is 15.3. The molecule has 0 aromatic carbocycles. The number of aromatic nitrogens is 2. The van der Waals surface area contributed by atoms with Crippen LogP contribution in [0, 0.1) is 0 Å². The van der Waals surface area contributed by atoms with Crippen molar-refractivity contribution in [1.82, 2.24) is 9.97 Å². The molecule has 100 valence electrons. The molecule has 1 aliphatic carbocycles. The lowest BCUT2D eigenvalue weighted by molar-refractivity contribution is -0.134. The Morgan fingerprint density at radius 2 is 1.94 bits per heavy atom. The van der Waals surface area contributed by atoms with Crippen LogP contribution in [-0.4, -0.2) is 22.7 Å². The smallest absolute Gasteiger partial charge is 0.370 e. The fraction of sp³-hybridized carbons (Fsp3) is 0.667. The van der Waals surface area contributed by atoms with Crippen LogP contribution in [0.2, 0.25) is 0 Å². The summed E-state index contributed by atoms with van der Waals surface area (Å²) >= 11 is 0. The van der Waals surface area contributed by atoms with E-state index in [-0.39, 0.29) is 6.42 Å². The highest BCUT2D eigenvalue weighted by atomic mass is 19.4. The molecule has 0 spiro atoms. The van der Waals surface area contributed by atoms with E-state index in [1.807, 2.05) is 0 Å². The summed E-state index contributed by atoms with van der Waals surface area (Å²) in [5.74, 6) is 0.710. The lowest BCUT2D eigenvalue weighted by Crippen LogP contribution is -2.15. The maximum absolute atomic E-state index is 12.0. The Morgan fingerprint density at radius 3 is 2.72 bits per heavy atom. The maximum Gasteiger partial charge on any atom is 0.389 e. The highest BCUT2D eigenvalue weighted by Crippen LogP contribution is 2.25. The van der Waals surface area contributed by atoms with Crippen LogP contribution in [0.5, 0.6) is 0 Å². The Balaban J connectivity index is 1.90. The third kappa shape index (κ3) is 3.58. The molecule has 18 heavy (non-hydrogen) atoms. The van der Waals surface area contributed by atoms with Gasteiger partial charge in [-0.3, -0.25) is 0 Å². The van der Waals surface area contributed by atoms with E-state index in [1.54, 1.807) is 0 Å². The predicted molar refractivity (Wildman–Crippen MR) is 62.5 cm³/mol. The van der Waals surface area contributed by atoms with E-state index in [1.165, 1.54) is 6.33 Å². The Kier molecular flexibility index (Phi) is 4.04. The molecule has 1 aromatic rings. The number of nitrogens with zero attached hydrogens (tertiary/aromatic N) is 2. The van der Waals surface area contributed by atoms with E-state index in [2.05, 4.69) is 15.3 Å². The highest BCUT2D eigenvalue weighted by molar-refractivity contribution is 5.46. The van der Waals surface area contributed by atoms with Crippen LogP contribution < -0.4 is 5.32 Å². The van der Waals surface area contributed by atoms with Gasteiger partial charge in [0.05, 0.1) is 0 Å². The average molecular weight is 259 g/mol. The van der Waals surface area contributed by atoms with E-state index < -0.39 is 12.6 Å². The summed E-state index contributed by atoms with van der Waals surface area (Å²) in [5, 5.41) is 2.99. The summed E-state index contributed by atoms with van der Waals surface area (Å²) in [4.78, 5) is 8.34. The first-order valence-corrected chi connectivity index (χ1v) is 6.19. The van der Waals surface area contributed by atoms with Crippen LogP contribution >= 0.6 is 0 Å². The Morgan fingerprint density at radius 1 is 1.17 bits per heavy atom. The fourth-order valence-electron chi connectivity index (χ4n) is 2.17. The number of anilines is 1. The number of rotatable bonds is 4. The minimum Gasteiger partial charge on any atom is -0.370 e. The molecule has 3 nitrogen and oxygen atoms in total. The molecular weight excluding hydrogens is 243 g/mol. The van der Waals surface area contributed by atoms with Gasteiger partial charge in [0.25, 0.3) is 0 Å². The lowest BCUT2D eigenvalue weighted by Gasteiger charge is -2.18. The lowest BCUT2D eigenvalue weighted by atomic mass is 9.96. The Bertz CT molecular complexity index is 404. The molecular formula is C12H16F3N3. The maximum atomic E-state index is 12.0. The Hall–Kier alpha value is -1.33. The zero-order valence-corrected chi connectivity index (χ0v) is 10.1. The SMILES string of the molecule is FC(F)(F)CCCNc1ncnc2c1CCCC2. The largest absolute Gasteiger partial charge is 0.389 e. The van der Waals surface area contributed by atoms with E-state index >= 15 is 0 Å². The molecule has 1 N–H and O–H groups in total. The molecule has 0 bridgehead atoms. The van der Waals surface area contributed by atoms with E-state index in [0.29, 0.717) is 12.4 Å². The van der Waals surface area contributed by atoms with Crippen LogP contribution in [0.25, 0.3) is 0 Å². The van der Waals surface area contributed by atoms with Crippen molar-refractivity contribution in [2.24, 2.45) is 0 Å². The molecule has 1 aromatic heterocycles. The molecule has 1 heterocycles. The van der Waals surface area contributed by atoms with Crippen molar-refractivity contribution in [3.05, 3.63) is 17.6 Å². The van der Waals surface area contributed by atoms with Crippen LogP contribution in [0.15, 0.2) is 6.33 Å². The summed E-state index contributed by atoms with van der Waals surface area (Å²) in [6.45, 7) is 0.295. The van der Waals surface area contributed by atoms with Gasteiger partial charge >= 0.3 is 6.18 Å². The molecule has 1 aliphatic rings. The van der Waals surface area contributed by atoms with Crippen LogP contribution in [-0.2, 0) is 12.8 Å². The first kappa shape index (κ1) is 13.1. The van der Waals surface area contributed by atoms with Crippen LogP contribution in [0.1, 0.15) is 36.9 Å². The minimum atomic E-state index is -4.08. The van der Waals surface area contributed by atoms with Crippen molar-refractivity contribution in [3.63, 3.8) is 0 Å². The number of halogens is 3. The second-order valence-corrected chi connectivity index (χ2v) is 4.50. The number of hydrogen-bond acceptors (Lipinski definition) is 3. The first-order valence-electron chi connectivity index (χ1n) is 6.19. The average Bonchev–Trinajstić information content (AvgIpc) is 2.33. The van der Waals surface area contributed by atoms with E-state index in [4.69, 9.17) is 0 Å². The predicted octanol–water partition coefficient (Wildman–Crippen LogP) is 3.11. The van der Waals surface area contributed by atoms with Gasteiger partial charge in [-0.1, -0.05) is 0 Å². The molecule has 2 rings (SSSR count). The van der Waals surface area contributed by atoms with Crippen molar-refractivity contribution in [2.45, 2.75) is 44.7 Å². The zero-order chi connectivity index (χ0) is 13.0. The third-order valence-corrected chi connectivity index (χ3v) is 3.05. The van der Waals surface area contributed by atoms with Gasteiger partial charge in [0.1, 0.15) is 12.1 Å². The van der Waals surface area contributed by atoms with Gasteiger partial charge in [0.2, 0.25) is 0 Å². The standard InChI is InChI=1S/C12H16F3N3/c13-12(14,15)6-3-7-16-11-9-4-1-2-5-10(9)17-8-18-11/h8H,1-7H2,(H,16,17,18). The zero-order valence-electron chi connectivity index (χ0n) is 10.1. The van der Waals surface area contributed by atoms with Crippen molar-refractivity contribution < 1.29 is 13.2 Å². The second-order valence-electron chi connectivity index (χ2n) is 4.50. The summed E-state index contributed by atoms with van der Waals surface area (Å²) < 4.78 is 36.0. The minimum absolute atomic E-state index is 0.0717. The molecule has 0 unspecified atom stereocenters. The monoisotopic (exact) mass is 259 g/mol. The molecule has 0 amide bonds. The van der Waals surface area contributed by atoms with Gasteiger partial charge in [-0.2, -0.15) is 13.2 Å². The number of fused-ring (bicyclic) bond motifs is 1. The summed E-state index contributed by atoms with van der Waals surface area (Å²) in [6.07, 6.45) is 0.792. The van der Waals surface area contributed by atoms with E-state index in [9.17, 15) is 13.2 Å². The van der Waals surface area contributed by atoms with Crippen LogP contribution in [0.4, 0.5) is 19.0 Å². The van der Waals surface area contributed by atoms with Gasteiger partial charge in [-0.05, 0) is 32.1 Å². The molecule has 0 atom stereocenters. The molecule has 0 saturated carbocycles. The number of nitrogens with one attached hydrogen (secondary N) is 1. The summed E-state index contributed by atoms with van der Waals surface area (Å²) in [5.41, 5.74) is 2.12. The van der Waals surface area contributed by atoms with Crippen molar-refractivity contribution in [2.75, 3.05) is 11.9 Å². The summed E-state index contributed by atoms with van der Waals surface area (Å²) in [7, 11) is 0. The van der Waals surface area contributed by atoms with E-state index in [0.717, 1.165) is 36.9 Å². The first-order chi connectivity index (χ1) is 8.56. The number of aryl methyl sites for hydroxylation is 1. The highest BCUT2D eigenvalue weighted by Gasteiger charge is 2.26. The molecule has 0 fully saturated rings. The van der Waals surface area contributed by atoms with Gasteiger partial charge in [-0.25, -0.2) is 9.97 Å². The van der Waals surface area contributed by atoms with Crippen LogP contribution in [0.3, 0.4) is 0 Å². The van der Waals surface area contributed by atoms with Gasteiger partial charge in [-0.15, -0.1) is 0 Å². The van der Waals surface area contributed by atoms with Crippen molar-refractivity contribution >= 4 is 5.82 Å². The fourth-order valence-corrected chi connectivity index (χ4v) is 2.17. The third-order valence-electron chi connectivity index (χ3n) is 3.05. The summed E-state index contributed by atoms with van der Waals surface area (Å²) in [6, 6.07) is 0.